The van der Waals surface area contributed by atoms with Crippen LogP contribution < -0.4 is 5.73 Å². The fourth-order valence-electron chi connectivity index (χ4n) is 2.87. The lowest BCUT2D eigenvalue weighted by Crippen LogP contribution is -2.36. The van der Waals surface area contributed by atoms with E-state index < -0.39 is 0 Å². The molecule has 1 saturated carbocycles. The normalized spacial score (nSPS) is 25.8. The van der Waals surface area contributed by atoms with Crippen LogP contribution in [0, 0.1) is 0 Å². The fourth-order valence-corrected chi connectivity index (χ4v) is 2.87. The highest BCUT2D eigenvalue weighted by Gasteiger charge is 2.26. The van der Waals surface area contributed by atoms with Crippen LogP contribution in [0.3, 0.4) is 0 Å². The van der Waals surface area contributed by atoms with Gasteiger partial charge in [0, 0.05) is 19.0 Å². The van der Waals surface area contributed by atoms with Crippen molar-refractivity contribution in [3.63, 3.8) is 0 Å². The minimum atomic E-state index is -0.0794. The van der Waals surface area contributed by atoms with Gasteiger partial charge in [-0.2, -0.15) is 9.97 Å². The third kappa shape index (κ3) is 2.84. The molecule has 0 bridgehead atoms. The van der Waals surface area contributed by atoms with Crippen molar-refractivity contribution in [3.05, 3.63) is 11.6 Å². The first kappa shape index (κ1) is 12.7. The van der Waals surface area contributed by atoms with Gasteiger partial charge in [-0.1, -0.05) is 12.8 Å². The van der Waals surface area contributed by atoms with E-state index in [9.17, 15) is 0 Å². The second-order valence-corrected chi connectivity index (χ2v) is 5.51. The predicted octanol–water partition coefficient (Wildman–Crippen LogP) is 1.11. The van der Waals surface area contributed by atoms with Crippen molar-refractivity contribution < 1.29 is 4.74 Å². The first-order chi connectivity index (χ1) is 9.22. The van der Waals surface area contributed by atoms with Crippen molar-refractivity contribution in [1.29, 1.82) is 0 Å². The molecule has 1 aliphatic carbocycles. The average molecular weight is 263 g/mol. The molecule has 6 nitrogen and oxygen atoms in total. The van der Waals surface area contributed by atoms with Crippen molar-refractivity contribution in [2.75, 3.05) is 32.5 Å². The summed E-state index contributed by atoms with van der Waals surface area (Å²) in [6, 6.07) is 0. The molecule has 0 aromatic carbocycles. The minimum absolute atomic E-state index is 0.0794. The van der Waals surface area contributed by atoms with Crippen LogP contribution in [0.4, 0.5) is 5.95 Å². The second kappa shape index (κ2) is 5.38. The molecule has 1 saturated heterocycles. The number of morpholine rings is 1. The first-order valence-corrected chi connectivity index (χ1v) is 7.04. The number of nitrogens with zero attached hydrogens (tertiary/aromatic N) is 4. The summed E-state index contributed by atoms with van der Waals surface area (Å²) in [4.78, 5) is 15.4. The van der Waals surface area contributed by atoms with Gasteiger partial charge in [-0.05, 0) is 19.9 Å². The van der Waals surface area contributed by atoms with Gasteiger partial charge < -0.3 is 15.4 Å². The zero-order valence-electron chi connectivity index (χ0n) is 11.4. The summed E-state index contributed by atoms with van der Waals surface area (Å²) < 4.78 is 5.76. The number of anilines is 1. The Hall–Kier alpha value is -1.27. The van der Waals surface area contributed by atoms with Crippen molar-refractivity contribution in [1.82, 2.24) is 19.9 Å². The van der Waals surface area contributed by atoms with Crippen LogP contribution in [0.25, 0.3) is 0 Å². The summed E-state index contributed by atoms with van der Waals surface area (Å²) in [5.41, 5.74) is 5.84. The van der Waals surface area contributed by atoms with E-state index in [-0.39, 0.29) is 6.10 Å². The number of hydrogen-bond donors (Lipinski definition) is 1. The molecule has 0 amide bonds. The van der Waals surface area contributed by atoms with E-state index in [1.54, 1.807) is 0 Å². The molecule has 2 fully saturated rings. The lowest BCUT2D eigenvalue weighted by atomic mass is 10.1. The molecule has 1 aliphatic heterocycles. The van der Waals surface area contributed by atoms with Gasteiger partial charge in [-0.3, -0.25) is 0 Å². The second-order valence-electron chi connectivity index (χ2n) is 5.51. The van der Waals surface area contributed by atoms with E-state index in [2.05, 4.69) is 26.9 Å². The number of rotatable bonds is 2. The zero-order chi connectivity index (χ0) is 13.2. The summed E-state index contributed by atoms with van der Waals surface area (Å²) in [6.45, 7) is 2.48. The molecule has 19 heavy (non-hydrogen) atoms. The van der Waals surface area contributed by atoms with E-state index in [0.717, 1.165) is 31.8 Å². The number of hydrogen-bond acceptors (Lipinski definition) is 6. The maximum Gasteiger partial charge on any atom is 0.223 e. The van der Waals surface area contributed by atoms with Crippen LogP contribution in [0.1, 0.15) is 49.4 Å². The van der Waals surface area contributed by atoms with Gasteiger partial charge in [0.05, 0.1) is 6.61 Å². The minimum Gasteiger partial charge on any atom is -0.368 e. The van der Waals surface area contributed by atoms with E-state index >= 15 is 0 Å². The van der Waals surface area contributed by atoms with Gasteiger partial charge in [0.25, 0.3) is 0 Å². The summed E-state index contributed by atoms with van der Waals surface area (Å²) in [6.07, 6.45) is 4.76. The molecule has 1 aromatic heterocycles. The molecule has 2 N–H and O–H groups in total. The highest BCUT2D eigenvalue weighted by molar-refractivity contribution is 5.19. The average Bonchev–Trinajstić information content (AvgIpc) is 2.92. The molecule has 1 aromatic rings. The van der Waals surface area contributed by atoms with Crippen LogP contribution in [0.15, 0.2) is 0 Å². The third-order valence-electron chi connectivity index (χ3n) is 3.97. The molecule has 2 heterocycles. The molecule has 1 atom stereocenters. The molecular formula is C13H21N5O. The molecule has 3 rings (SSSR count). The Kier molecular flexibility index (Phi) is 3.61. The standard InChI is InChI=1S/C13H21N5O/c1-18-6-7-19-10(8-18)12-15-11(16-13(14)17-12)9-4-2-3-5-9/h9-10H,2-8H2,1H3,(H2,14,15,16,17). The van der Waals surface area contributed by atoms with Crippen molar-refractivity contribution in [2.45, 2.75) is 37.7 Å². The molecular weight excluding hydrogens is 242 g/mol. The SMILES string of the molecule is CN1CCOC(c2nc(N)nc(C3CCCC3)n2)C1. The molecule has 0 spiro atoms. The number of nitrogens with two attached hydrogens (primary N) is 1. The van der Waals surface area contributed by atoms with Gasteiger partial charge in [0.15, 0.2) is 5.82 Å². The van der Waals surface area contributed by atoms with Crippen LogP contribution in [0.5, 0.6) is 0 Å². The lowest BCUT2D eigenvalue weighted by Gasteiger charge is -2.29. The van der Waals surface area contributed by atoms with E-state index in [1.165, 1.54) is 12.8 Å². The van der Waals surface area contributed by atoms with E-state index in [4.69, 9.17) is 10.5 Å². The van der Waals surface area contributed by atoms with Crippen LogP contribution >= 0.6 is 0 Å². The first-order valence-electron chi connectivity index (χ1n) is 7.04. The Morgan fingerprint density at radius 2 is 1.89 bits per heavy atom. The van der Waals surface area contributed by atoms with Crippen LogP contribution in [0.2, 0.25) is 0 Å². The van der Waals surface area contributed by atoms with E-state index in [0.29, 0.717) is 24.3 Å². The fraction of sp³-hybridized carbons (Fsp3) is 0.769. The molecule has 6 heteroatoms. The number of likely N-dealkylation sites (N-methyl/N-ethyl adjacent to an activating group) is 1. The van der Waals surface area contributed by atoms with Gasteiger partial charge in [-0.25, -0.2) is 4.98 Å². The summed E-state index contributed by atoms with van der Waals surface area (Å²) in [7, 11) is 2.08. The highest BCUT2D eigenvalue weighted by Crippen LogP contribution is 2.32. The summed E-state index contributed by atoms with van der Waals surface area (Å²) in [5, 5.41) is 0. The van der Waals surface area contributed by atoms with Gasteiger partial charge in [-0.15, -0.1) is 0 Å². The number of aromatic nitrogens is 3. The lowest BCUT2D eigenvalue weighted by molar-refractivity contribution is -0.0256. The number of nitrogen functional groups attached to an aromatic ring is 1. The van der Waals surface area contributed by atoms with Gasteiger partial charge in [0.2, 0.25) is 5.95 Å². The highest BCUT2D eigenvalue weighted by atomic mass is 16.5. The smallest absolute Gasteiger partial charge is 0.223 e. The van der Waals surface area contributed by atoms with Crippen LogP contribution in [-0.2, 0) is 4.74 Å². The molecule has 104 valence electrons. The van der Waals surface area contributed by atoms with Crippen LogP contribution in [-0.4, -0.2) is 46.6 Å². The largest absolute Gasteiger partial charge is 0.368 e. The van der Waals surface area contributed by atoms with Crippen molar-refractivity contribution in [3.8, 4) is 0 Å². The van der Waals surface area contributed by atoms with Crippen molar-refractivity contribution in [2.24, 2.45) is 0 Å². The topological polar surface area (TPSA) is 77.2 Å². The Morgan fingerprint density at radius 3 is 2.63 bits per heavy atom. The Bertz CT molecular complexity index is 447. The zero-order valence-corrected chi connectivity index (χ0v) is 11.4. The molecule has 2 aliphatic rings. The predicted molar refractivity (Wildman–Crippen MR) is 71.6 cm³/mol. The van der Waals surface area contributed by atoms with E-state index in [1.807, 2.05) is 0 Å². The van der Waals surface area contributed by atoms with Gasteiger partial charge in [0.1, 0.15) is 11.9 Å². The third-order valence-corrected chi connectivity index (χ3v) is 3.97. The Morgan fingerprint density at radius 1 is 1.16 bits per heavy atom. The Labute approximate surface area is 113 Å². The quantitative estimate of drug-likeness (QED) is 0.861. The monoisotopic (exact) mass is 263 g/mol. The maximum absolute atomic E-state index is 5.84. The summed E-state index contributed by atoms with van der Waals surface area (Å²) >= 11 is 0. The maximum atomic E-state index is 5.84. The van der Waals surface area contributed by atoms with Gasteiger partial charge >= 0.3 is 0 Å². The molecule has 0 radical (unpaired) electrons. The number of ether oxygens (including phenoxy) is 1. The Balaban J connectivity index is 1.84. The summed E-state index contributed by atoms with van der Waals surface area (Å²) in [5.74, 6) is 2.33. The van der Waals surface area contributed by atoms with Crippen molar-refractivity contribution >= 4 is 5.95 Å². The molecule has 1 unspecified atom stereocenters.